The van der Waals surface area contributed by atoms with Crippen molar-refractivity contribution in [2.45, 2.75) is 115 Å². The van der Waals surface area contributed by atoms with Gasteiger partial charge in [0.15, 0.2) is 0 Å². The second-order valence-electron chi connectivity index (χ2n) is 14.5. The second kappa shape index (κ2) is 16.8. The fourth-order valence-corrected chi connectivity index (χ4v) is 7.04. The van der Waals surface area contributed by atoms with Crippen LogP contribution in [0.15, 0.2) is 36.0 Å². The molecule has 8 atom stereocenters. The van der Waals surface area contributed by atoms with E-state index >= 15 is 0 Å². The van der Waals surface area contributed by atoms with E-state index in [0.717, 1.165) is 76.9 Å². The van der Waals surface area contributed by atoms with Crippen molar-refractivity contribution in [1.82, 2.24) is 25.6 Å². The van der Waals surface area contributed by atoms with Gasteiger partial charge in [-0.3, -0.25) is 14.6 Å². The van der Waals surface area contributed by atoms with Crippen molar-refractivity contribution in [3.8, 4) is 0 Å². The minimum atomic E-state index is -0.504. The van der Waals surface area contributed by atoms with Crippen molar-refractivity contribution < 1.29 is 33.3 Å². The van der Waals surface area contributed by atoms with Crippen LogP contribution in [0, 0.1) is 5.92 Å². The van der Waals surface area contributed by atoms with E-state index in [1.807, 2.05) is 14.0 Å². The number of hydrogen-bond donors (Lipinski definition) is 2. The number of carbonyl (C=O) groups excluding carboxylic acids is 3. The summed E-state index contributed by atoms with van der Waals surface area (Å²) < 4.78 is 24.1. The zero-order chi connectivity index (χ0) is 34.3. The molecule has 3 amide bonds. The SMILES string of the molecule is CC(/C=C/[C@@H]1C[C@]2(CO2)C[C@@H](CC(=O)N2CCCCN2)O1)=C\C[C@@H]1O[C@H](C)[C@H](NC(=O)/C=C\[C@H](C)OC(=O)N2CCN(C)CC2)C[C@@H]1C. The Bertz CT molecular complexity index is 1210. The Kier molecular flexibility index (Phi) is 12.7. The largest absolute Gasteiger partial charge is 0.442 e. The molecular weight excluding hydrogens is 614 g/mol. The summed E-state index contributed by atoms with van der Waals surface area (Å²) in [5, 5.41) is 4.83. The molecule has 12 nitrogen and oxygen atoms in total. The van der Waals surface area contributed by atoms with Gasteiger partial charge in [0, 0.05) is 58.2 Å². The lowest BCUT2D eigenvalue weighted by atomic mass is 9.88. The molecule has 0 aromatic heterocycles. The monoisotopic (exact) mass is 671 g/mol. The Morgan fingerprint density at radius 1 is 1.06 bits per heavy atom. The fourth-order valence-electron chi connectivity index (χ4n) is 7.04. The lowest BCUT2D eigenvalue weighted by molar-refractivity contribution is -0.142. The van der Waals surface area contributed by atoms with Crippen LogP contribution in [-0.4, -0.2) is 128 Å². The average Bonchev–Trinajstić information content (AvgIpc) is 3.81. The summed E-state index contributed by atoms with van der Waals surface area (Å²) in [5.41, 5.74) is 4.19. The van der Waals surface area contributed by atoms with Crippen LogP contribution in [0.25, 0.3) is 0 Å². The van der Waals surface area contributed by atoms with Crippen molar-refractivity contribution in [3.05, 3.63) is 36.0 Å². The van der Waals surface area contributed by atoms with Gasteiger partial charge in [0.1, 0.15) is 6.10 Å². The molecule has 12 heteroatoms. The molecular formula is C36H57N5O7. The van der Waals surface area contributed by atoms with Gasteiger partial charge >= 0.3 is 6.09 Å². The molecule has 1 spiro atoms. The summed E-state index contributed by atoms with van der Waals surface area (Å²) in [7, 11) is 2.03. The predicted molar refractivity (Wildman–Crippen MR) is 182 cm³/mol. The quantitative estimate of drug-likeness (QED) is 0.205. The highest BCUT2D eigenvalue weighted by Crippen LogP contribution is 2.43. The Labute approximate surface area is 286 Å². The average molecular weight is 672 g/mol. The molecule has 0 saturated carbocycles. The molecule has 0 unspecified atom stereocenters. The highest BCUT2D eigenvalue weighted by molar-refractivity contribution is 5.87. The summed E-state index contributed by atoms with van der Waals surface area (Å²) in [6.45, 7) is 13.3. The van der Waals surface area contributed by atoms with Crippen LogP contribution in [0.4, 0.5) is 4.79 Å². The molecule has 0 aliphatic carbocycles. The predicted octanol–water partition coefficient (Wildman–Crippen LogP) is 3.34. The van der Waals surface area contributed by atoms with Gasteiger partial charge in [-0.25, -0.2) is 10.2 Å². The summed E-state index contributed by atoms with van der Waals surface area (Å²) in [6, 6.07) is -0.104. The molecule has 0 aromatic carbocycles. The zero-order valence-electron chi connectivity index (χ0n) is 29.5. The molecule has 2 N–H and O–H groups in total. The molecule has 0 aromatic rings. The summed E-state index contributed by atoms with van der Waals surface area (Å²) in [6.07, 6.45) is 14.0. The molecule has 5 heterocycles. The zero-order valence-corrected chi connectivity index (χ0v) is 29.5. The number of carbonyl (C=O) groups is 3. The van der Waals surface area contributed by atoms with Crippen LogP contribution in [0.2, 0.25) is 0 Å². The maximum absolute atomic E-state index is 12.8. The first kappa shape index (κ1) is 36.5. The number of nitrogens with one attached hydrogen (secondary N) is 2. The van der Waals surface area contributed by atoms with E-state index < -0.39 is 6.10 Å². The lowest BCUT2D eigenvalue weighted by Crippen LogP contribution is -2.50. The van der Waals surface area contributed by atoms with Crippen LogP contribution in [0.5, 0.6) is 0 Å². The summed E-state index contributed by atoms with van der Waals surface area (Å²) in [5.74, 6) is 0.134. The number of likely N-dealkylation sites (N-methyl/N-ethyl adjacent to an activating group) is 1. The third-order valence-electron chi connectivity index (χ3n) is 10.3. The van der Waals surface area contributed by atoms with Gasteiger partial charge in [-0.2, -0.15) is 0 Å². The number of hydrazine groups is 1. The number of epoxide rings is 1. The van der Waals surface area contributed by atoms with E-state index in [1.165, 1.54) is 6.08 Å². The highest BCUT2D eigenvalue weighted by atomic mass is 16.6. The van der Waals surface area contributed by atoms with E-state index in [9.17, 15) is 14.4 Å². The smallest absolute Gasteiger partial charge is 0.410 e. The van der Waals surface area contributed by atoms with Crippen LogP contribution in [0.1, 0.15) is 72.6 Å². The van der Waals surface area contributed by atoms with Gasteiger partial charge in [0.2, 0.25) is 11.8 Å². The van der Waals surface area contributed by atoms with E-state index in [4.69, 9.17) is 18.9 Å². The Balaban J connectivity index is 1.03. The number of hydrogen-bond acceptors (Lipinski definition) is 9. The molecule has 5 fully saturated rings. The van der Waals surface area contributed by atoms with Crippen LogP contribution >= 0.6 is 0 Å². The first-order valence-corrected chi connectivity index (χ1v) is 17.9. The normalized spacial score (nSPS) is 34.1. The molecule has 0 radical (unpaired) electrons. The number of amides is 3. The Hall–Kier alpha value is -2.77. The van der Waals surface area contributed by atoms with E-state index in [1.54, 1.807) is 22.9 Å². The summed E-state index contributed by atoms with van der Waals surface area (Å²) in [4.78, 5) is 41.8. The van der Waals surface area contributed by atoms with E-state index in [0.29, 0.717) is 19.5 Å². The number of rotatable bonds is 10. The van der Waals surface area contributed by atoms with Crippen LogP contribution < -0.4 is 10.7 Å². The van der Waals surface area contributed by atoms with Crippen molar-refractivity contribution in [1.29, 1.82) is 0 Å². The molecule has 5 aliphatic rings. The third kappa shape index (κ3) is 10.6. The first-order valence-electron chi connectivity index (χ1n) is 17.9. The van der Waals surface area contributed by atoms with Gasteiger partial charge in [-0.1, -0.05) is 30.7 Å². The number of allylic oxidation sites excluding steroid dienone is 2. The minimum Gasteiger partial charge on any atom is -0.442 e. The van der Waals surface area contributed by atoms with E-state index in [2.05, 4.69) is 47.7 Å². The topological polar surface area (TPSA) is 125 Å². The number of nitrogens with zero attached hydrogens (tertiary/aromatic N) is 3. The van der Waals surface area contributed by atoms with Crippen molar-refractivity contribution in [3.63, 3.8) is 0 Å². The Morgan fingerprint density at radius 3 is 2.54 bits per heavy atom. The third-order valence-corrected chi connectivity index (χ3v) is 10.3. The van der Waals surface area contributed by atoms with E-state index in [-0.39, 0.29) is 59.9 Å². The van der Waals surface area contributed by atoms with Gasteiger partial charge < -0.3 is 34.1 Å². The molecule has 48 heavy (non-hydrogen) atoms. The fraction of sp³-hybridized carbons (Fsp3) is 0.750. The van der Waals surface area contributed by atoms with Gasteiger partial charge in [-0.15, -0.1) is 0 Å². The second-order valence-corrected chi connectivity index (χ2v) is 14.5. The van der Waals surface area contributed by atoms with Crippen LogP contribution in [0.3, 0.4) is 0 Å². The van der Waals surface area contributed by atoms with Crippen molar-refractivity contribution >= 4 is 17.9 Å². The number of piperazine rings is 1. The van der Waals surface area contributed by atoms with Crippen LogP contribution in [-0.2, 0) is 28.5 Å². The lowest BCUT2D eigenvalue weighted by Gasteiger charge is -2.39. The molecule has 5 aliphatic heterocycles. The minimum absolute atomic E-state index is 0.0499. The highest BCUT2D eigenvalue weighted by Gasteiger charge is 2.51. The maximum atomic E-state index is 12.8. The van der Waals surface area contributed by atoms with Gasteiger partial charge in [-0.05, 0) is 65.5 Å². The van der Waals surface area contributed by atoms with Gasteiger partial charge in [0.05, 0.1) is 49.1 Å². The number of ether oxygens (including phenoxy) is 4. The summed E-state index contributed by atoms with van der Waals surface area (Å²) >= 11 is 0. The molecule has 5 rings (SSSR count). The molecule has 0 bridgehead atoms. The molecule has 268 valence electrons. The van der Waals surface area contributed by atoms with Crippen molar-refractivity contribution in [2.24, 2.45) is 5.92 Å². The standard InChI is InChI=1S/C36H57N5O7/c1-25(8-11-29-22-36(24-45-36)23-30(48-29)21-34(43)41-15-7-6-14-37-41)9-12-32-26(2)20-31(28(4)47-32)38-33(42)13-10-27(3)46-35(44)40-18-16-39(5)17-19-40/h8-11,13,26-32,37H,6-7,12,14-24H2,1-5H3,(H,38,42)/b11-8+,13-10-,25-9+/t26-,27-,28+,29+,30+,31+,32-,36+/m0/s1. The van der Waals surface area contributed by atoms with Gasteiger partial charge in [0.25, 0.3) is 0 Å². The van der Waals surface area contributed by atoms with Crippen molar-refractivity contribution in [2.75, 3.05) is 52.9 Å². The Morgan fingerprint density at radius 2 is 1.83 bits per heavy atom. The first-order chi connectivity index (χ1) is 23.0. The molecule has 5 saturated heterocycles. The maximum Gasteiger partial charge on any atom is 0.410 e.